The number of aromatic nitrogens is 2. The zero-order valence-electron chi connectivity index (χ0n) is 10.5. The highest BCUT2D eigenvalue weighted by Gasteiger charge is 2.15. The first-order valence-corrected chi connectivity index (χ1v) is 6.18. The van der Waals surface area contributed by atoms with Crippen LogP contribution >= 0.6 is 11.6 Å². The molecule has 0 spiro atoms. The number of hydrogen-bond acceptors (Lipinski definition) is 3. The Labute approximate surface area is 112 Å². The molecule has 1 aromatic carbocycles. The molecule has 1 heterocycles. The van der Waals surface area contributed by atoms with Crippen LogP contribution in [0.25, 0.3) is 0 Å². The van der Waals surface area contributed by atoms with Gasteiger partial charge in [0.2, 0.25) is 0 Å². The molecule has 0 aliphatic heterocycles. The first-order valence-electron chi connectivity index (χ1n) is 5.80. The van der Waals surface area contributed by atoms with Crippen molar-refractivity contribution in [1.29, 1.82) is 0 Å². The largest absolute Gasteiger partial charge is 0.276 e. The molecule has 0 saturated carbocycles. The van der Waals surface area contributed by atoms with Gasteiger partial charge in [-0.05, 0) is 30.0 Å². The molecule has 0 fully saturated rings. The maximum Gasteiger partial charge on any atom is 0.0522 e. The van der Waals surface area contributed by atoms with Gasteiger partial charge in [0.1, 0.15) is 0 Å². The van der Waals surface area contributed by atoms with Gasteiger partial charge in [0, 0.05) is 18.3 Å². The summed E-state index contributed by atoms with van der Waals surface area (Å²) in [6.07, 6.45) is 4.58. The Morgan fingerprint density at radius 3 is 2.89 bits per heavy atom. The van der Waals surface area contributed by atoms with Gasteiger partial charge in [-0.3, -0.25) is 16.0 Å². The Kier molecular flexibility index (Phi) is 4.01. The van der Waals surface area contributed by atoms with Gasteiger partial charge in [0.05, 0.1) is 12.2 Å². The molecule has 2 aromatic rings. The van der Waals surface area contributed by atoms with Gasteiger partial charge in [-0.1, -0.05) is 29.8 Å². The van der Waals surface area contributed by atoms with Crippen LogP contribution in [0.4, 0.5) is 0 Å². The standard InChI is InChI=1S/C13H17ClN4/c1-9-4-3-5-11(13(9)14)12(17-15)6-10-7-16-18(2)8-10/h3-5,7-8,12,17H,6,15H2,1-2H3. The Bertz CT molecular complexity index is 536. The van der Waals surface area contributed by atoms with Crippen LogP contribution < -0.4 is 11.3 Å². The van der Waals surface area contributed by atoms with Crippen LogP contribution in [-0.4, -0.2) is 9.78 Å². The van der Waals surface area contributed by atoms with Crippen LogP contribution in [0.15, 0.2) is 30.6 Å². The van der Waals surface area contributed by atoms with Crippen molar-refractivity contribution >= 4 is 11.6 Å². The van der Waals surface area contributed by atoms with E-state index >= 15 is 0 Å². The maximum atomic E-state index is 6.32. The lowest BCUT2D eigenvalue weighted by Gasteiger charge is -2.18. The summed E-state index contributed by atoms with van der Waals surface area (Å²) in [7, 11) is 1.90. The zero-order valence-corrected chi connectivity index (χ0v) is 11.3. The smallest absolute Gasteiger partial charge is 0.0522 e. The summed E-state index contributed by atoms with van der Waals surface area (Å²) in [6.45, 7) is 1.99. The lowest BCUT2D eigenvalue weighted by Crippen LogP contribution is -2.29. The van der Waals surface area contributed by atoms with E-state index in [-0.39, 0.29) is 6.04 Å². The third-order valence-electron chi connectivity index (χ3n) is 3.00. The van der Waals surface area contributed by atoms with Crippen molar-refractivity contribution in [3.8, 4) is 0 Å². The quantitative estimate of drug-likeness (QED) is 0.657. The molecule has 0 amide bonds. The number of nitrogens with two attached hydrogens (primary N) is 1. The van der Waals surface area contributed by atoms with Crippen molar-refractivity contribution < 1.29 is 0 Å². The molecular formula is C13H17ClN4. The van der Waals surface area contributed by atoms with Gasteiger partial charge in [-0.2, -0.15) is 5.10 Å². The molecule has 2 rings (SSSR count). The lowest BCUT2D eigenvalue weighted by atomic mass is 9.99. The number of nitrogens with zero attached hydrogens (tertiary/aromatic N) is 2. The van der Waals surface area contributed by atoms with Crippen LogP contribution in [0.1, 0.15) is 22.7 Å². The molecule has 0 bridgehead atoms. The molecule has 0 aliphatic carbocycles. The number of halogens is 1. The van der Waals surface area contributed by atoms with Crippen molar-refractivity contribution in [2.45, 2.75) is 19.4 Å². The third kappa shape index (κ3) is 2.72. The molecular weight excluding hydrogens is 248 g/mol. The minimum absolute atomic E-state index is 0.0124. The van der Waals surface area contributed by atoms with Crippen molar-refractivity contribution in [3.63, 3.8) is 0 Å². The number of hydrogen-bond donors (Lipinski definition) is 2. The van der Waals surface area contributed by atoms with Gasteiger partial charge in [0.25, 0.3) is 0 Å². The van der Waals surface area contributed by atoms with Crippen LogP contribution in [0, 0.1) is 6.92 Å². The molecule has 0 radical (unpaired) electrons. The van der Waals surface area contributed by atoms with Crippen LogP contribution in [-0.2, 0) is 13.5 Å². The molecule has 96 valence electrons. The number of rotatable bonds is 4. The first kappa shape index (κ1) is 13.1. The van der Waals surface area contributed by atoms with Crippen molar-refractivity contribution in [1.82, 2.24) is 15.2 Å². The Morgan fingerprint density at radius 1 is 1.50 bits per heavy atom. The third-order valence-corrected chi connectivity index (χ3v) is 3.51. The second-order valence-corrected chi connectivity index (χ2v) is 4.80. The van der Waals surface area contributed by atoms with Gasteiger partial charge >= 0.3 is 0 Å². The van der Waals surface area contributed by atoms with E-state index in [0.717, 1.165) is 28.1 Å². The minimum Gasteiger partial charge on any atom is -0.276 e. The van der Waals surface area contributed by atoms with E-state index in [4.69, 9.17) is 17.4 Å². The van der Waals surface area contributed by atoms with E-state index in [1.165, 1.54) is 0 Å². The van der Waals surface area contributed by atoms with E-state index in [1.54, 1.807) is 4.68 Å². The van der Waals surface area contributed by atoms with Gasteiger partial charge < -0.3 is 0 Å². The molecule has 3 N–H and O–H groups in total. The summed E-state index contributed by atoms with van der Waals surface area (Å²) < 4.78 is 1.78. The second kappa shape index (κ2) is 5.52. The van der Waals surface area contributed by atoms with Crippen LogP contribution in [0.5, 0.6) is 0 Å². The zero-order chi connectivity index (χ0) is 13.1. The fourth-order valence-corrected chi connectivity index (χ4v) is 2.27. The molecule has 1 aromatic heterocycles. The predicted molar refractivity (Wildman–Crippen MR) is 73.2 cm³/mol. The lowest BCUT2D eigenvalue weighted by molar-refractivity contribution is 0.551. The van der Waals surface area contributed by atoms with E-state index in [0.29, 0.717) is 0 Å². The van der Waals surface area contributed by atoms with E-state index < -0.39 is 0 Å². The van der Waals surface area contributed by atoms with E-state index in [2.05, 4.69) is 10.5 Å². The highest BCUT2D eigenvalue weighted by Crippen LogP contribution is 2.27. The highest BCUT2D eigenvalue weighted by atomic mass is 35.5. The summed E-state index contributed by atoms with van der Waals surface area (Å²) in [6, 6.07) is 5.96. The van der Waals surface area contributed by atoms with Gasteiger partial charge in [-0.15, -0.1) is 0 Å². The molecule has 4 nitrogen and oxygen atoms in total. The average molecular weight is 265 g/mol. The summed E-state index contributed by atoms with van der Waals surface area (Å²) in [5.74, 6) is 5.64. The first-order chi connectivity index (χ1) is 8.61. The van der Waals surface area contributed by atoms with Crippen LogP contribution in [0.2, 0.25) is 5.02 Å². The predicted octanol–water partition coefficient (Wildman–Crippen LogP) is 2.13. The monoisotopic (exact) mass is 264 g/mol. The van der Waals surface area contributed by atoms with Gasteiger partial charge in [0.15, 0.2) is 0 Å². The van der Waals surface area contributed by atoms with Crippen molar-refractivity contribution in [2.75, 3.05) is 0 Å². The van der Waals surface area contributed by atoms with Crippen molar-refractivity contribution in [2.24, 2.45) is 12.9 Å². The maximum absolute atomic E-state index is 6.32. The summed E-state index contributed by atoms with van der Waals surface area (Å²) in [5, 5.41) is 4.92. The number of hydrazine groups is 1. The minimum atomic E-state index is -0.0124. The highest BCUT2D eigenvalue weighted by molar-refractivity contribution is 6.32. The normalized spacial score (nSPS) is 12.7. The number of nitrogens with one attached hydrogen (secondary N) is 1. The fourth-order valence-electron chi connectivity index (χ4n) is 2.01. The van der Waals surface area contributed by atoms with Crippen molar-refractivity contribution in [3.05, 3.63) is 52.3 Å². The van der Waals surface area contributed by atoms with E-state index in [1.807, 2.05) is 44.6 Å². The molecule has 0 aliphatic rings. The second-order valence-electron chi connectivity index (χ2n) is 4.42. The van der Waals surface area contributed by atoms with E-state index in [9.17, 15) is 0 Å². The topological polar surface area (TPSA) is 55.9 Å². The van der Waals surface area contributed by atoms with Gasteiger partial charge in [-0.25, -0.2) is 0 Å². The Morgan fingerprint density at radius 2 is 2.28 bits per heavy atom. The molecule has 18 heavy (non-hydrogen) atoms. The Hall–Kier alpha value is -1.36. The molecule has 1 atom stereocenters. The number of aryl methyl sites for hydroxylation is 2. The molecule has 0 saturated heterocycles. The van der Waals surface area contributed by atoms with Crippen LogP contribution in [0.3, 0.4) is 0 Å². The molecule has 1 unspecified atom stereocenters. The average Bonchev–Trinajstić information content (AvgIpc) is 2.76. The fraction of sp³-hybridized carbons (Fsp3) is 0.308. The number of benzene rings is 1. The molecule has 5 heteroatoms. The summed E-state index contributed by atoms with van der Waals surface area (Å²) in [5.41, 5.74) is 6.02. The summed E-state index contributed by atoms with van der Waals surface area (Å²) >= 11 is 6.32. The SMILES string of the molecule is Cc1cccc(C(Cc2cnn(C)c2)NN)c1Cl. The summed E-state index contributed by atoms with van der Waals surface area (Å²) in [4.78, 5) is 0. The Balaban J connectivity index is 2.25.